The maximum atomic E-state index is 14.4. The van der Waals surface area contributed by atoms with Gasteiger partial charge in [-0.25, -0.2) is 22.0 Å². The lowest BCUT2D eigenvalue weighted by Gasteiger charge is -2.38. The Bertz CT molecular complexity index is 1090. The van der Waals surface area contributed by atoms with Gasteiger partial charge in [-0.15, -0.1) is 0 Å². The Hall–Kier alpha value is -2.56. The number of urea groups is 1. The van der Waals surface area contributed by atoms with Crippen LogP contribution in [0.4, 0.5) is 13.6 Å². The van der Waals surface area contributed by atoms with Crippen molar-refractivity contribution < 1.29 is 31.6 Å². The summed E-state index contributed by atoms with van der Waals surface area (Å²) in [4.78, 5) is 41.4. The van der Waals surface area contributed by atoms with Crippen LogP contribution in [0.2, 0.25) is 0 Å². The molecule has 2 unspecified atom stereocenters. The topological polar surface area (TPSA) is 104 Å². The van der Waals surface area contributed by atoms with Crippen molar-refractivity contribution in [3.8, 4) is 0 Å². The van der Waals surface area contributed by atoms with E-state index < -0.39 is 57.4 Å². The van der Waals surface area contributed by atoms with Crippen molar-refractivity contribution in [2.24, 2.45) is 0 Å². The molecule has 2 saturated heterocycles. The molecule has 4 rings (SSSR count). The molecule has 0 radical (unpaired) electrons. The SMILES string of the molecule is CC1(c2cc(F)ccc2F)NC(=O)N(CC(=O)N(C2CCCCC2)C2CCS(=O)(=O)C2)C1=O. The highest BCUT2D eigenvalue weighted by atomic mass is 32.2. The number of hydrogen-bond donors (Lipinski definition) is 1. The van der Waals surface area contributed by atoms with E-state index in [1.165, 1.54) is 6.92 Å². The number of carbonyl (C=O) groups is 3. The van der Waals surface area contributed by atoms with Crippen LogP contribution in [-0.2, 0) is 25.0 Å². The fraction of sp³-hybridized carbons (Fsp3) is 0.591. The van der Waals surface area contributed by atoms with Gasteiger partial charge in [-0.3, -0.25) is 14.5 Å². The average Bonchev–Trinajstić information content (AvgIpc) is 3.22. The van der Waals surface area contributed by atoms with Gasteiger partial charge in [0.2, 0.25) is 5.91 Å². The summed E-state index contributed by atoms with van der Waals surface area (Å²) in [6, 6.07) is 1.07. The van der Waals surface area contributed by atoms with E-state index in [1.54, 1.807) is 4.90 Å². The average molecular weight is 484 g/mol. The molecular weight excluding hydrogens is 456 g/mol. The van der Waals surface area contributed by atoms with Gasteiger partial charge in [-0.2, -0.15) is 0 Å². The number of benzene rings is 1. The predicted molar refractivity (Wildman–Crippen MR) is 115 cm³/mol. The normalized spacial score (nSPS) is 27.6. The first-order valence-corrected chi connectivity index (χ1v) is 13.0. The molecule has 33 heavy (non-hydrogen) atoms. The summed E-state index contributed by atoms with van der Waals surface area (Å²) >= 11 is 0. The van der Waals surface area contributed by atoms with E-state index in [2.05, 4.69) is 5.32 Å². The smallest absolute Gasteiger partial charge is 0.325 e. The molecule has 8 nitrogen and oxygen atoms in total. The summed E-state index contributed by atoms with van der Waals surface area (Å²) in [6.45, 7) is 0.669. The van der Waals surface area contributed by atoms with Crippen LogP contribution < -0.4 is 5.32 Å². The number of imide groups is 1. The Balaban J connectivity index is 1.58. The van der Waals surface area contributed by atoms with Crippen LogP contribution >= 0.6 is 0 Å². The van der Waals surface area contributed by atoms with Gasteiger partial charge in [0.15, 0.2) is 9.84 Å². The van der Waals surface area contributed by atoms with E-state index in [4.69, 9.17) is 0 Å². The second kappa shape index (κ2) is 8.66. The minimum atomic E-state index is -3.26. The molecule has 1 aliphatic carbocycles. The lowest BCUT2D eigenvalue weighted by atomic mass is 9.91. The van der Waals surface area contributed by atoms with Gasteiger partial charge in [-0.05, 0) is 44.4 Å². The number of nitrogens with one attached hydrogen (secondary N) is 1. The van der Waals surface area contributed by atoms with Gasteiger partial charge < -0.3 is 10.2 Å². The number of nitrogens with zero attached hydrogens (tertiary/aromatic N) is 2. The highest BCUT2D eigenvalue weighted by Crippen LogP contribution is 2.32. The molecule has 2 atom stereocenters. The second-order valence-electron chi connectivity index (χ2n) is 9.22. The molecule has 1 saturated carbocycles. The fourth-order valence-electron chi connectivity index (χ4n) is 5.18. The summed E-state index contributed by atoms with van der Waals surface area (Å²) in [6.07, 6.45) is 4.63. The van der Waals surface area contributed by atoms with E-state index >= 15 is 0 Å². The highest BCUT2D eigenvalue weighted by Gasteiger charge is 2.51. The van der Waals surface area contributed by atoms with Crippen molar-refractivity contribution in [3.05, 3.63) is 35.4 Å². The third kappa shape index (κ3) is 4.47. The molecule has 1 aromatic carbocycles. The highest BCUT2D eigenvalue weighted by molar-refractivity contribution is 7.91. The molecule has 180 valence electrons. The summed E-state index contributed by atoms with van der Waals surface area (Å²) in [5, 5.41) is 2.39. The minimum Gasteiger partial charge on any atom is -0.334 e. The summed E-state index contributed by atoms with van der Waals surface area (Å²) in [5.74, 6) is -3.16. The van der Waals surface area contributed by atoms with E-state index in [9.17, 15) is 31.6 Å². The summed E-state index contributed by atoms with van der Waals surface area (Å²) in [7, 11) is -3.26. The summed E-state index contributed by atoms with van der Waals surface area (Å²) in [5.41, 5.74) is -2.20. The summed E-state index contributed by atoms with van der Waals surface area (Å²) < 4.78 is 52.3. The number of halogens is 2. The maximum Gasteiger partial charge on any atom is 0.325 e. The van der Waals surface area contributed by atoms with Gasteiger partial charge in [0.25, 0.3) is 5.91 Å². The Morgan fingerprint density at radius 2 is 1.85 bits per heavy atom. The van der Waals surface area contributed by atoms with E-state index in [1.807, 2.05) is 0 Å². The van der Waals surface area contributed by atoms with E-state index in [0.717, 1.165) is 50.3 Å². The monoisotopic (exact) mass is 483 g/mol. The van der Waals surface area contributed by atoms with Gasteiger partial charge in [-0.1, -0.05) is 19.3 Å². The third-order valence-electron chi connectivity index (χ3n) is 6.89. The fourth-order valence-corrected chi connectivity index (χ4v) is 6.89. The Kier molecular flexibility index (Phi) is 6.19. The van der Waals surface area contributed by atoms with Crippen LogP contribution in [0.3, 0.4) is 0 Å². The zero-order valence-corrected chi connectivity index (χ0v) is 19.2. The van der Waals surface area contributed by atoms with Gasteiger partial charge in [0.05, 0.1) is 11.5 Å². The molecule has 2 heterocycles. The third-order valence-corrected chi connectivity index (χ3v) is 8.64. The number of sulfone groups is 1. The number of rotatable bonds is 5. The van der Waals surface area contributed by atoms with E-state index in [-0.39, 0.29) is 23.1 Å². The van der Waals surface area contributed by atoms with Crippen LogP contribution in [0, 0.1) is 11.6 Å². The van der Waals surface area contributed by atoms with Crippen LogP contribution in [0.15, 0.2) is 18.2 Å². The van der Waals surface area contributed by atoms with Gasteiger partial charge in [0.1, 0.15) is 23.7 Å². The Labute approximate surface area is 191 Å². The van der Waals surface area contributed by atoms with Crippen molar-refractivity contribution in [2.45, 2.75) is 63.1 Å². The lowest BCUT2D eigenvalue weighted by Crippen LogP contribution is -2.53. The van der Waals surface area contributed by atoms with Gasteiger partial charge in [0, 0.05) is 17.6 Å². The second-order valence-corrected chi connectivity index (χ2v) is 11.4. The first kappa shape index (κ1) is 23.6. The Morgan fingerprint density at radius 3 is 2.48 bits per heavy atom. The molecule has 1 N–H and O–H groups in total. The Morgan fingerprint density at radius 1 is 1.15 bits per heavy atom. The standard InChI is InChI=1S/C22H27F2N3O5S/c1-22(17-11-14(23)7-8-18(17)24)20(29)26(21(30)25-22)12-19(28)27(15-5-3-2-4-6-15)16-9-10-33(31,32)13-16/h7-8,11,15-16H,2-6,9-10,12-13H2,1H3,(H,25,30). The van der Waals surface area contributed by atoms with Crippen LogP contribution in [0.25, 0.3) is 0 Å². The molecule has 0 bridgehead atoms. The van der Waals surface area contributed by atoms with Gasteiger partial charge >= 0.3 is 6.03 Å². The first-order chi connectivity index (χ1) is 15.5. The molecular formula is C22H27F2N3O5S. The van der Waals surface area contributed by atoms with E-state index in [0.29, 0.717) is 11.3 Å². The first-order valence-electron chi connectivity index (χ1n) is 11.1. The molecule has 11 heteroatoms. The predicted octanol–water partition coefficient (Wildman–Crippen LogP) is 2.08. The molecule has 4 amide bonds. The zero-order valence-electron chi connectivity index (χ0n) is 18.4. The molecule has 3 fully saturated rings. The van der Waals surface area contributed by atoms with Crippen LogP contribution in [-0.4, -0.2) is 66.2 Å². The minimum absolute atomic E-state index is 0.00574. The van der Waals surface area contributed by atoms with Crippen LogP contribution in [0.5, 0.6) is 0 Å². The van der Waals surface area contributed by atoms with Crippen molar-refractivity contribution in [3.63, 3.8) is 0 Å². The molecule has 1 aromatic rings. The van der Waals surface area contributed by atoms with Crippen molar-refractivity contribution in [1.29, 1.82) is 0 Å². The zero-order chi connectivity index (χ0) is 24.0. The lowest BCUT2D eigenvalue weighted by molar-refractivity contribution is -0.142. The molecule has 3 aliphatic rings. The largest absolute Gasteiger partial charge is 0.334 e. The molecule has 0 spiro atoms. The molecule has 2 aliphatic heterocycles. The van der Waals surface area contributed by atoms with Crippen molar-refractivity contribution in [2.75, 3.05) is 18.1 Å². The number of carbonyl (C=O) groups excluding carboxylic acids is 3. The quantitative estimate of drug-likeness (QED) is 0.646. The van der Waals surface area contributed by atoms with Crippen molar-refractivity contribution in [1.82, 2.24) is 15.1 Å². The van der Waals surface area contributed by atoms with Crippen LogP contribution in [0.1, 0.15) is 51.0 Å². The maximum absolute atomic E-state index is 14.4. The molecule has 0 aromatic heterocycles. The van der Waals surface area contributed by atoms with Crippen molar-refractivity contribution >= 4 is 27.7 Å². The number of hydrogen-bond acceptors (Lipinski definition) is 5. The number of amides is 4.